The van der Waals surface area contributed by atoms with Gasteiger partial charge in [-0.3, -0.25) is 9.78 Å². The third-order valence-electron chi connectivity index (χ3n) is 9.00. The Labute approximate surface area is 251 Å². The summed E-state index contributed by atoms with van der Waals surface area (Å²) in [5.74, 6) is -1.18. The van der Waals surface area contributed by atoms with Crippen LogP contribution in [-0.4, -0.2) is 46.5 Å². The number of allylic oxidation sites excluding steroid dienone is 1. The second-order valence-corrected chi connectivity index (χ2v) is 13.6. The van der Waals surface area contributed by atoms with Crippen LogP contribution in [0.4, 0.5) is 4.39 Å². The van der Waals surface area contributed by atoms with Gasteiger partial charge in [-0.05, 0) is 90.3 Å². The highest BCUT2D eigenvalue weighted by molar-refractivity contribution is 7.88. The van der Waals surface area contributed by atoms with Gasteiger partial charge in [-0.25, -0.2) is 21.8 Å². The van der Waals surface area contributed by atoms with Crippen LogP contribution in [0.5, 0.6) is 0 Å². The van der Waals surface area contributed by atoms with Gasteiger partial charge in [0, 0.05) is 37.0 Å². The molecule has 6 rings (SSSR count). The van der Waals surface area contributed by atoms with Crippen LogP contribution in [0.25, 0.3) is 11.8 Å². The molecule has 4 aromatic rings. The number of aromatic nitrogens is 3. The lowest BCUT2D eigenvalue weighted by Gasteiger charge is -2.38. The highest BCUT2D eigenvalue weighted by Crippen LogP contribution is 2.53. The van der Waals surface area contributed by atoms with Crippen molar-refractivity contribution in [2.75, 3.05) is 13.1 Å². The van der Waals surface area contributed by atoms with Gasteiger partial charge in [0.15, 0.2) is 0 Å². The average Bonchev–Trinajstić information content (AvgIpc) is 3.53. The molecule has 0 unspecified atom stereocenters. The number of nitrogens with two attached hydrogens (primary N) is 1. The van der Waals surface area contributed by atoms with Gasteiger partial charge in [0.25, 0.3) is 0 Å². The quantitative estimate of drug-likeness (QED) is 0.278. The zero-order valence-electron chi connectivity index (χ0n) is 24.0. The minimum absolute atomic E-state index is 0.0750. The first-order valence-electron chi connectivity index (χ1n) is 14.4. The predicted octanol–water partition coefficient (Wildman–Crippen LogP) is 4.94. The van der Waals surface area contributed by atoms with Gasteiger partial charge in [-0.1, -0.05) is 36.8 Å². The van der Waals surface area contributed by atoms with Gasteiger partial charge >= 0.3 is 0 Å². The first-order valence-corrected chi connectivity index (χ1v) is 16.0. The molecule has 2 aliphatic carbocycles. The van der Waals surface area contributed by atoms with E-state index in [-0.39, 0.29) is 35.0 Å². The summed E-state index contributed by atoms with van der Waals surface area (Å²) in [5.41, 5.74) is 10.9. The lowest BCUT2D eigenvalue weighted by molar-refractivity contribution is 0.0999. The maximum Gasteiger partial charge on any atom is 0.249 e. The van der Waals surface area contributed by atoms with Crippen molar-refractivity contribution in [2.45, 2.75) is 38.4 Å². The Morgan fingerprint density at radius 1 is 1.12 bits per heavy atom. The molecular formula is C33H34FN5O3S. The highest BCUT2D eigenvalue weighted by atomic mass is 32.2. The van der Waals surface area contributed by atoms with E-state index in [2.05, 4.69) is 23.1 Å². The van der Waals surface area contributed by atoms with Crippen molar-refractivity contribution in [3.63, 3.8) is 0 Å². The largest absolute Gasteiger partial charge is 0.366 e. The third kappa shape index (κ3) is 5.77. The van der Waals surface area contributed by atoms with Crippen LogP contribution in [-0.2, 0) is 28.6 Å². The maximum absolute atomic E-state index is 14.0. The van der Waals surface area contributed by atoms with E-state index < -0.39 is 15.9 Å². The molecule has 2 N–H and O–H groups in total. The zero-order valence-corrected chi connectivity index (χ0v) is 24.8. The average molecular weight is 600 g/mol. The van der Waals surface area contributed by atoms with Crippen LogP contribution in [0, 0.1) is 17.2 Å². The SMILES string of the molecule is C[C@]12Cc3cnn(-c4ccc(F)cc4)c3C=C1CC[C@@H]2CN(CCc1ccccn1)S(=O)(=O)Cc1ccccc1C(N)=O. The Morgan fingerprint density at radius 3 is 2.63 bits per heavy atom. The van der Waals surface area contributed by atoms with Crippen LogP contribution < -0.4 is 5.73 Å². The van der Waals surface area contributed by atoms with Gasteiger partial charge in [0.05, 0.1) is 23.3 Å². The number of sulfonamides is 1. The molecule has 2 atom stereocenters. The second kappa shape index (κ2) is 11.5. The number of carbonyl (C=O) groups excluding carboxylic acids is 1. The zero-order chi connectivity index (χ0) is 30.2. The standard InChI is InChI=1S/C33H34FN5O3S/c1-33-19-24-20-37-39(29-13-11-27(34)12-14-29)31(24)18-25(33)9-10-26(33)21-38(17-15-28-7-4-5-16-36-28)43(41,42)22-23-6-2-3-8-30(23)32(35)40/h2-8,11-14,16,18,20,26H,9-10,15,17,19,21-22H2,1H3,(H2,35,40)/t26-,33+/m1/s1. The number of hydrogen-bond donors (Lipinski definition) is 1. The fourth-order valence-corrected chi connectivity index (χ4v) is 8.17. The van der Waals surface area contributed by atoms with Crippen molar-refractivity contribution in [2.24, 2.45) is 17.1 Å². The Bertz CT molecular complexity index is 1790. The molecule has 8 nitrogen and oxygen atoms in total. The number of amides is 1. The number of hydrogen-bond acceptors (Lipinski definition) is 5. The summed E-state index contributed by atoms with van der Waals surface area (Å²) in [6, 6.07) is 18.5. The van der Waals surface area contributed by atoms with Gasteiger partial charge in [-0.15, -0.1) is 0 Å². The van der Waals surface area contributed by atoms with Crippen molar-refractivity contribution in [3.8, 4) is 5.69 Å². The summed E-state index contributed by atoms with van der Waals surface area (Å²) in [7, 11) is -3.82. The van der Waals surface area contributed by atoms with Crippen LogP contribution in [0.1, 0.15) is 52.6 Å². The molecule has 0 spiro atoms. The number of pyridine rings is 1. The molecule has 1 saturated carbocycles. The van der Waals surface area contributed by atoms with E-state index in [9.17, 15) is 17.6 Å². The second-order valence-electron chi connectivity index (χ2n) is 11.6. The summed E-state index contributed by atoms with van der Waals surface area (Å²) in [6.45, 7) is 2.85. The lowest BCUT2D eigenvalue weighted by Crippen LogP contribution is -2.42. The van der Waals surface area contributed by atoms with Gasteiger partial charge < -0.3 is 5.73 Å². The fraction of sp³-hybridized carbons (Fsp3) is 0.303. The fourth-order valence-electron chi connectivity index (χ4n) is 6.56. The molecule has 0 bridgehead atoms. The number of carbonyl (C=O) groups is 1. The molecule has 43 heavy (non-hydrogen) atoms. The van der Waals surface area contributed by atoms with Crippen molar-refractivity contribution < 1.29 is 17.6 Å². The monoisotopic (exact) mass is 599 g/mol. The summed E-state index contributed by atoms with van der Waals surface area (Å²) in [4.78, 5) is 16.5. The number of nitrogens with zero attached hydrogens (tertiary/aromatic N) is 4. The van der Waals surface area contributed by atoms with Crippen molar-refractivity contribution in [1.82, 2.24) is 19.1 Å². The third-order valence-corrected chi connectivity index (χ3v) is 10.8. The molecule has 2 aliphatic rings. The summed E-state index contributed by atoms with van der Waals surface area (Å²) >= 11 is 0. The molecule has 0 aliphatic heterocycles. The van der Waals surface area contributed by atoms with Crippen LogP contribution in [0.3, 0.4) is 0 Å². The molecule has 0 saturated heterocycles. The first kappa shape index (κ1) is 28.9. The Balaban J connectivity index is 1.28. The van der Waals surface area contributed by atoms with Crippen molar-refractivity contribution in [3.05, 3.63) is 119 Å². The van der Waals surface area contributed by atoms with E-state index in [1.54, 1.807) is 46.9 Å². The summed E-state index contributed by atoms with van der Waals surface area (Å²) in [6.07, 6.45) is 8.67. The lowest BCUT2D eigenvalue weighted by atomic mass is 9.70. The minimum Gasteiger partial charge on any atom is -0.366 e. The van der Waals surface area contributed by atoms with E-state index in [0.717, 1.165) is 41.9 Å². The van der Waals surface area contributed by atoms with E-state index in [4.69, 9.17) is 5.73 Å². The number of rotatable bonds is 10. The van der Waals surface area contributed by atoms with E-state index in [1.165, 1.54) is 17.7 Å². The number of primary amides is 1. The maximum atomic E-state index is 14.0. The first-order chi connectivity index (χ1) is 20.6. The van der Waals surface area contributed by atoms with Crippen LogP contribution in [0.2, 0.25) is 0 Å². The van der Waals surface area contributed by atoms with E-state index >= 15 is 0 Å². The van der Waals surface area contributed by atoms with Crippen molar-refractivity contribution >= 4 is 22.0 Å². The Hall–Kier alpha value is -4.15. The molecule has 10 heteroatoms. The topological polar surface area (TPSA) is 111 Å². The van der Waals surface area contributed by atoms with E-state index in [0.29, 0.717) is 18.5 Å². The van der Waals surface area contributed by atoms with Crippen LogP contribution >= 0.6 is 0 Å². The molecule has 2 aromatic carbocycles. The highest BCUT2D eigenvalue weighted by Gasteiger charge is 2.47. The summed E-state index contributed by atoms with van der Waals surface area (Å²) < 4.78 is 45.0. The Kier molecular flexibility index (Phi) is 7.74. The number of halogens is 1. The van der Waals surface area contributed by atoms with Gasteiger partial charge in [-0.2, -0.15) is 5.10 Å². The molecule has 1 fully saturated rings. The summed E-state index contributed by atoms with van der Waals surface area (Å²) in [5, 5.41) is 4.61. The smallest absolute Gasteiger partial charge is 0.249 e. The van der Waals surface area contributed by atoms with E-state index in [1.807, 2.05) is 29.1 Å². The normalized spacial score (nSPS) is 19.6. The predicted molar refractivity (Wildman–Crippen MR) is 163 cm³/mol. The Morgan fingerprint density at radius 2 is 1.88 bits per heavy atom. The molecule has 2 aromatic heterocycles. The molecular weight excluding hydrogens is 565 g/mol. The van der Waals surface area contributed by atoms with Crippen molar-refractivity contribution in [1.29, 1.82) is 0 Å². The van der Waals surface area contributed by atoms with Gasteiger partial charge in [0.2, 0.25) is 15.9 Å². The minimum atomic E-state index is -3.82. The number of benzene rings is 2. The van der Waals surface area contributed by atoms with Gasteiger partial charge in [0.1, 0.15) is 5.82 Å². The number of fused-ring (bicyclic) bond motifs is 2. The molecule has 1 amide bonds. The van der Waals surface area contributed by atoms with Crippen LogP contribution in [0.15, 0.2) is 84.7 Å². The molecule has 0 radical (unpaired) electrons. The molecule has 2 heterocycles. The molecule has 222 valence electrons.